The summed E-state index contributed by atoms with van der Waals surface area (Å²) in [5.74, 6) is -0.385. The molecule has 0 aliphatic rings. The Bertz CT molecular complexity index is 1400. The largest absolute Gasteiger partial charge is 0.332 e. The van der Waals surface area contributed by atoms with Gasteiger partial charge in [0.2, 0.25) is 5.91 Å². The molecule has 3 aromatic heterocycles. The first kappa shape index (κ1) is 20.7. The number of carbonyl (C=O) groups excluding carboxylic acids is 1. The lowest BCUT2D eigenvalue weighted by molar-refractivity contribution is -0.116. The van der Waals surface area contributed by atoms with E-state index in [4.69, 9.17) is 0 Å². The molecule has 1 amide bonds. The number of anilines is 1. The summed E-state index contributed by atoms with van der Waals surface area (Å²) in [5, 5.41) is 2.82. The van der Waals surface area contributed by atoms with Gasteiger partial charge in [0.15, 0.2) is 5.52 Å². The molecule has 156 valence electrons. The fourth-order valence-corrected chi connectivity index (χ4v) is 3.79. The van der Waals surface area contributed by atoms with E-state index in [0.717, 1.165) is 14.6 Å². The fourth-order valence-electron chi connectivity index (χ4n) is 3.31. The molecule has 0 saturated heterocycles. The maximum atomic E-state index is 13.2. The van der Waals surface area contributed by atoms with Crippen molar-refractivity contribution in [3.05, 3.63) is 97.5 Å². The van der Waals surface area contributed by atoms with Gasteiger partial charge in [0.1, 0.15) is 6.54 Å². The number of carbonyl (C=O) groups is 1. The smallest absolute Gasteiger partial charge is 0.324 e. The first-order valence-electron chi connectivity index (χ1n) is 9.47. The molecule has 0 radical (unpaired) electrons. The van der Waals surface area contributed by atoms with Crippen LogP contribution in [-0.2, 0) is 17.9 Å². The van der Waals surface area contributed by atoms with Crippen LogP contribution in [0.4, 0.5) is 5.69 Å². The Hall–Kier alpha value is -3.59. The summed E-state index contributed by atoms with van der Waals surface area (Å²) >= 11 is 3.39. The number of aromatic nitrogens is 4. The summed E-state index contributed by atoms with van der Waals surface area (Å²) in [6, 6.07) is 12.2. The molecule has 1 aromatic carbocycles. The molecule has 3 heterocycles. The molecule has 0 saturated carbocycles. The Morgan fingerprint density at radius 3 is 2.65 bits per heavy atom. The van der Waals surface area contributed by atoms with Gasteiger partial charge in [0.25, 0.3) is 5.56 Å². The van der Waals surface area contributed by atoms with Gasteiger partial charge in [-0.2, -0.15) is 0 Å². The van der Waals surface area contributed by atoms with Gasteiger partial charge in [-0.15, -0.1) is 0 Å². The summed E-state index contributed by atoms with van der Waals surface area (Å²) in [5.41, 5.74) is 1.55. The second kappa shape index (κ2) is 8.65. The number of fused-ring (bicyclic) bond motifs is 1. The second-order valence-corrected chi connectivity index (χ2v) is 7.92. The zero-order valence-electron chi connectivity index (χ0n) is 16.6. The van der Waals surface area contributed by atoms with Crippen molar-refractivity contribution in [3.63, 3.8) is 0 Å². The highest BCUT2D eigenvalue weighted by atomic mass is 79.9. The quantitative estimate of drug-likeness (QED) is 0.474. The molecule has 4 aromatic rings. The van der Waals surface area contributed by atoms with Gasteiger partial charge in [0, 0.05) is 28.8 Å². The van der Waals surface area contributed by atoms with Crippen LogP contribution in [0.1, 0.15) is 11.1 Å². The van der Waals surface area contributed by atoms with Gasteiger partial charge in [-0.1, -0.05) is 22.0 Å². The lowest BCUT2D eigenvalue weighted by Crippen LogP contribution is -2.42. The van der Waals surface area contributed by atoms with Crippen molar-refractivity contribution >= 4 is 38.6 Å². The maximum absolute atomic E-state index is 13.2. The van der Waals surface area contributed by atoms with Crippen LogP contribution in [0.2, 0.25) is 0 Å². The number of hydrogen-bond acceptors (Lipinski definition) is 5. The normalized spacial score (nSPS) is 10.9. The minimum Gasteiger partial charge on any atom is -0.324 e. The topological polar surface area (TPSA) is 98.9 Å². The molecule has 9 heteroatoms. The Morgan fingerprint density at radius 2 is 1.90 bits per heavy atom. The summed E-state index contributed by atoms with van der Waals surface area (Å²) in [4.78, 5) is 47.1. The third-order valence-electron chi connectivity index (χ3n) is 4.81. The number of pyridine rings is 2. The number of amides is 1. The Balaban J connectivity index is 1.75. The minimum absolute atomic E-state index is 0.0332. The van der Waals surface area contributed by atoms with Crippen molar-refractivity contribution in [2.75, 3.05) is 5.32 Å². The van der Waals surface area contributed by atoms with E-state index in [1.807, 2.05) is 19.1 Å². The van der Waals surface area contributed by atoms with Crippen molar-refractivity contribution in [1.82, 2.24) is 19.1 Å². The fraction of sp³-hybridized carbons (Fsp3) is 0.136. The van der Waals surface area contributed by atoms with E-state index in [1.54, 1.807) is 42.7 Å². The molecule has 1 N–H and O–H groups in total. The van der Waals surface area contributed by atoms with Gasteiger partial charge in [0.05, 0.1) is 12.1 Å². The summed E-state index contributed by atoms with van der Waals surface area (Å²) in [6.07, 6.45) is 4.68. The molecule has 4 rings (SSSR count). The molecule has 31 heavy (non-hydrogen) atoms. The van der Waals surface area contributed by atoms with Crippen molar-refractivity contribution in [2.45, 2.75) is 20.0 Å². The van der Waals surface area contributed by atoms with Crippen LogP contribution in [0.3, 0.4) is 0 Å². The van der Waals surface area contributed by atoms with Crippen LogP contribution >= 0.6 is 15.9 Å². The Kier molecular flexibility index (Phi) is 5.77. The highest BCUT2D eigenvalue weighted by Gasteiger charge is 2.17. The molecule has 0 unspecified atom stereocenters. The zero-order chi connectivity index (χ0) is 22.0. The highest BCUT2D eigenvalue weighted by molar-refractivity contribution is 9.10. The number of benzene rings is 1. The lowest BCUT2D eigenvalue weighted by Gasteiger charge is -2.14. The molecular formula is C22H18BrN5O3. The van der Waals surface area contributed by atoms with E-state index in [1.165, 1.54) is 10.8 Å². The van der Waals surface area contributed by atoms with Gasteiger partial charge in [-0.05, 0) is 54.4 Å². The van der Waals surface area contributed by atoms with Crippen molar-refractivity contribution < 1.29 is 4.79 Å². The van der Waals surface area contributed by atoms with E-state index in [2.05, 4.69) is 31.2 Å². The van der Waals surface area contributed by atoms with E-state index >= 15 is 0 Å². The average Bonchev–Trinajstić information content (AvgIpc) is 2.77. The summed E-state index contributed by atoms with van der Waals surface area (Å²) < 4.78 is 3.24. The molecule has 8 nitrogen and oxygen atoms in total. The van der Waals surface area contributed by atoms with E-state index in [0.29, 0.717) is 16.8 Å². The SMILES string of the molecule is Cc1cc(Br)ccc1NC(=O)Cn1c(=O)n(Cc2cccnc2)c(=O)c2ncccc21. The first-order valence-corrected chi connectivity index (χ1v) is 10.3. The van der Waals surface area contributed by atoms with E-state index in [-0.39, 0.29) is 24.5 Å². The van der Waals surface area contributed by atoms with Crippen LogP contribution in [0.5, 0.6) is 0 Å². The van der Waals surface area contributed by atoms with Gasteiger partial charge in [-0.25, -0.2) is 9.78 Å². The van der Waals surface area contributed by atoms with Crippen LogP contribution < -0.4 is 16.6 Å². The van der Waals surface area contributed by atoms with Crippen molar-refractivity contribution in [2.24, 2.45) is 0 Å². The van der Waals surface area contributed by atoms with Crippen LogP contribution in [-0.4, -0.2) is 25.0 Å². The van der Waals surface area contributed by atoms with Gasteiger partial charge >= 0.3 is 5.69 Å². The summed E-state index contributed by atoms with van der Waals surface area (Å²) in [6.45, 7) is 1.65. The maximum Gasteiger partial charge on any atom is 0.332 e. The Morgan fingerprint density at radius 1 is 1.10 bits per heavy atom. The van der Waals surface area contributed by atoms with Crippen LogP contribution in [0.25, 0.3) is 11.0 Å². The minimum atomic E-state index is -0.586. The number of aryl methyl sites for hydroxylation is 1. The summed E-state index contributed by atoms with van der Waals surface area (Å²) in [7, 11) is 0. The third kappa shape index (κ3) is 4.31. The molecule has 0 spiro atoms. The monoisotopic (exact) mass is 479 g/mol. The predicted molar refractivity (Wildman–Crippen MR) is 121 cm³/mol. The average molecular weight is 480 g/mol. The van der Waals surface area contributed by atoms with Gasteiger partial charge < -0.3 is 5.32 Å². The second-order valence-electron chi connectivity index (χ2n) is 7.00. The molecule has 0 fully saturated rings. The molecule has 0 atom stereocenters. The third-order valence-corrected chi connectivity index (χ3v) is 5.31. The highest BCUT2D eigenvalue weighted by Crippen LogP contribution is 2.20. The number of nitrogens with one attached hydrogen (secondary N) is 1. The molecular weight excluding hydrogens is 462 g/mol. The predicted octanol–water partition coefficient (Wildman–Crippen LogP) is 2.71. The number of hydrogen-bond donors (Lipinski definition) is 1. The molecule has 0 aliphatic heterocycles. The van der Waals surface area contributed by atoms with E-state index < -0.39 is 11.2 Å². The standard InChI is InChI=1S/C22H18BrN5O3/c1-14-10-16(23)6-7-17(14)26-19(29)13-27-18-5-3-9-25-20(18)21(30)28(22(27)31)12-15-4-2-8-24-11-15/h2-11H,12-13H2,1H3,(H,26,29). The molecule has 0 aliphatic carbocycles. The zero-order valence-corrected chi connectivity index (χ0v) is 18.2. The molecule has 0 bridgehead atoms. The number of nitrogens with zero attached hydrogens (tertiary/aromatic N) is 4. The first-order chi connectivity index (χ1) is 14.9. The van der Waals surface area contributed by atoms with E-state index in [9.17, 15) is 14.4 Å². The van der Waals surface area contributed by atoms with Crippen LogP contribution in [0, 0.1) is 6.92 Å². The van der Waals surface area contributed by atoms with Crippen molar-refractivity contribution in [1.29, 1.82) is 0 Å². The number of rotatable bonds is 5. The number of halogens is 1. The van der Waals surface area contributed by atoms with Gasteiger partial charge in [-0.3, -0.25) is 23.7 Å². The lowest BCUT2D eigenvalue weighted by atomic mass is 10.2. The van der Waals surface area contributed by atoms with Crippen LogP contribution in [0.15, 0.2) is 75.1 Å². The Labute approximate surface area is 185 Å². The van der Waals surface area contributed by atoms with Crippen molar-refractivity contribution in [3.8, 4) is 0 Å².